The monoisotopic (exact) mass is 206 g/mol. The number of rotatable bonds is 3. The second kappa shape index (κ2) is 4.94. The summed E-state index contributed by atoms with van der Waals surface area (Å²) in [5.74, 6) is -0.0358. The minimum atomic E-state index is -0.443. The van der Waals surface area contributed by atoms with E-state index >= 15 is 0 Å². The lowest BCUT2D eigenvalue weighted by Gasteiger charge is -2.26. The van der Waals surface area contributed by atoms with Gasteiger partial charge in [-0.05, 0) is 19.4 Å². The van der Waals surface area contributed by atoms with E-state index < -0.39 is 6.04 Å². The molecule has 15 heavy (non-hydrogen) atoms. The van der Waals surface area contributed by atoms with Crippen LogP contribution in [0.5, 0.6) is 0 Å². The van der Waals surface area contributed by atoms with Gasteiger partial charge < -0.3 is 10.6 Å². The Morgan fingerprint density at radius 2 is 1.80 bits per heavy atom. The van der Waals surface area contributed by atoms with Crippen LogP contribution in [0.2, 0.25) is 0 Å². The lowest BCUT2D eigenvalue weighted by atomic mass is 10.1. The summed E-state index contributed by atoms with van der Waals surface area (Å²) >= 11 is 0. The summed E-state index contributed by atoms with van der Waals surface area (Å²) in [7, 11) is 1.78. The van der Waals surface area contributed by atoms with Crippen molar-refractivity contribution in [3.8, 4) is 0 Å². The zero-order valence-corrected chi connectivity index (χ0v) is 9.47. The molecule has 1 rings (SSSR count). The lowest BCUT2D eigenvalue weighted by Crippen LogP contribution is -2.40. The highest BCUT2D eigenvalue weighted by Gasteiger charge is 2.19. The van der Waals surface area contributed by atoms with Gasteiger partial charge in [-0.3, -0.25) is 4.79 Å². The average molecular weight is 206 g/mol. The first-order valence-corrected chi connectivity index (χ1v) is 5.11. The molecule has 0 fully saturated rings. The summed E-state index contributed by atoms with van der Waals surface area (Å²) in [4.78, 5) is 13.3. The zero-order chi connectivity index (χ0) is 11.4. The highest BCUT2D eigenvalue weighted by Crippen LogP contribution is 2.18. The van der Waals surface area contributed by atoms with Crippen molar-refractivity contribution in [3.63, 3.8) is 0 Å². The van der Waals surface area contributed by atoms with Crippen molar-refractivity contribution in [2.45, 2.75) is 25.9 Å². The van der Waals surface area contributed by atoms with Crippen LogP contribution in [0.25, 0.3) is 0 Å². The van der Waals surface area contributed by atoms with Crippen molar-refractivity contribution < 1.29 is 4.79 Å². The molecule has 0 radical (unpaired) electrons. The summed E-state index contributed by atoms with van der Waals surface area (Å²) in [6.07, 6.45) is 0. The minimum Gasteiger partial charge on any atom is -0.338 e. The maximum absolute atomic E-state index is 11.7. The topological polar surface area (TPSA) is 46.3 Å². The molecule has 0 saturated carbocycles. The molecule has 0 unspecified atom stereocenters. The third kappa shape index (κ3) is 2.80. The highest BCUT2D eigenvalue weighted by molar-refractivity contribution is 5.81. The van der Waals surface area contributed by atoms with Gasteiger partial charge in [-0.25, -0.2) is 0 Å². The van der Waals surface area contributed by atoms with Gasteiger partial charge in [0.25, 0.3) is 0 Å². The molecule has 0 spiro atoms. The second-order valence-corrected chi connectivity index (χ2v) is 3.82. The Hall–Kier alpha value is -1.35. The molecule has 2 atom stereocenters. The number of likely N-dealkylation sites (N-methyl/N-ethyl adjacent to an activating group) is 1. The molecule has 0 saturated heterocycles. The Kier molecular flexibility index (Phi) is 3.86. The van der Waals surface area contributed by atoms with E-state index in [1.807, 2.05) is 37.3 Å². The molecule has 3 heteroatoms. The van der Waals surface area contributed by atoms with E-state index in [4.69, 9.17) is 5.73 Å². The molecular formula is C12H18N2O. The molecule has 1 aromatic carbocycles. The van der Waals surface area contributed by atoms with E-state index in [1.165, 1.54) is 0 Å². The molecular weight excluding hydrogens is 188 g/mol. The van der Waals surface area contributed by atoms with E-state index in [0.29, 0.717) is 0 Å². The van der Waals surface area contributed by atoms with Gasteiger partial charge in [0.05, 0.1) is 12.1 Å². The molecule has 82 valence electrons. The van der Waals surface area contributed by atoms with E-state index in [0.717, 1.165) is 5.56 Å². The van der Waals surface area contributed by atoms with Gasteiger partial charge in [-0.15, -0.1) is 0 Å². The van der Waals surface area contributed by atoms with Gasteiger partial charge in [-0.2, -0.15) is 0 Å². The molecule has 0 bridgehead atoms. The number of nitrogens with two attached hydrogens (primary N) is 1. The largest absolute Gasteiger partial charge is 0.338 e. The second-order valence-electron chi connectivity index (χ2n) is 3.82. The van der Waals surface area contributed by atoms with Crippen LogP contribution >= 0.6 is 0 Å². The normalized spacial score (nSPS) is 14.4. The fraction of sp³-hybridized carbons (Fsp3) is 0.417. The van der Waals surface area contributed by atoms with Gasteiger partial charge in [-0.1, -0.05) is 30.3 Å². The van der Waals surface area contributed by atoms with Crippen LogP contribution in [0.15, 0.2) is 30.3 Å². The summed E-state index contributed by atoms with van der Waals surface area (Å²) in [6, 6.07) is 9.53. The van der Waals surface area contributed by atoms with Crippen LogP contribution in [0.4, 0.5) is 0 Å². The van der Waals surface area contributed by atoms with Crippen LogP contribution in [0.1, 0.15) is 25.5 Å². The summed E-state index contributed by atoms with van der Waals surface area (Å²) in [5.41, 5.74) is 6.68. The predicted molar refractivity (Wildman–Crippen MR) is 61.3 cm³/mol. The van der Waals surface area contributed by atoms with Crippen LogP contribution in [0, 0.1) is 0 Å². The number of hydrogen-bond donors (Lipinski definition) is 1. The van der Waals surface area contributed by atoms with Gasteiger partial charge in [0.2, 0.25) is 5.91 Å². The molecule has 1 amide bonds. The van der Waals surface area contributed by atoms with Crippen LogP contribution in [-0.2, 0) is 4.79 Å². The van der Waals surface area contributed by atoms with Crippen molar-refractivity contribution in [3.05, 3.63) is 35.9 Å². The van der Waals surface area contributed by atoms with Crippen LogP contribution in [0.3, 0.4) is 0 Å². The van der Waals surface area contributed by atoms with E-state index in [1.54, 1.807) is 18.9 Å². The van der Waals surface area contributed by atoms with Crippen molar-refractivity contribution in [1.82, 2.24) is 4.90 Å². The minimum absolute atomic E-state index is 0.0358. The first-order chi connectivity index (χ1) is 7.04. The molecule has 0 aliphatic carbocycles. The Morgan fingerprint density at radius 3 is 2.27 bits per heavy atom. The maximum Gasteiger partial charge on any atom is 0.239 e. The van der Waals surface area contributed by atoms with Crippen LogP contribution < -0.4 is 5.73 Å². The lowest BCUT2D eigenvalue weighted by molar-refractivity contribution is -0.132. The van der Waals surface area contributed by atoms with E-state index in [9.17, 15) is 4.79 Å². The number of carbonyl (C=O) groups is 1. The molecule has 0 aromatic heterocycles. The predicted octanol–water partition coefficient (Wildman–Crippen LogP) is 1.55. The molecule has 1 aromatic rings. The third-order valence-corrected chi connectivity index (χ3v) is 2.60. The van der Waals surface area contributed by atoms with Crippen molar-refractivity contribution in [1.29, 1.82) is 0 Å². The fourth-order valence-electron chi connectivity index (χ4n) is 1.47. The third-order valence-electron chi connectivity index (χ3n) is 2.60. The Morgan fingerprint density at radius 1 is 1.27 bits per heavy atom. The number of amides is 1. The average Bonchev–Trinajstić information content (AvgIpc) is 2.27. The number of carbonyl (C=O) groups excluding carboxylic acids is 1. The molecule has 2 N–H and O–H groups in total. The number of benzene rings is 1. The molecule has 3 nitrogen and oxygen atoms in total. The Labute approximate surface area is 90.9 Å². The first-order valence-electron chi connectivity index (χ1n) is 5.11. The van der Waals surface area contributed by atoms with Gasteiger partial charge in [0, 0.05) is 7.05 Å². The Bertz CT molecular complexity index is 322. The van der Waals surface area contributed by atoms with Crippen LogP contribution in [-0.4, -0.2) is 23.9 Å². The number of hydrogen-bond acceptors (Lipinski definition) is 2. The quantitative estimate of drug-likeness (QED) is 0.815. The summed E-state index contributed by atoms with van der Waals surface area (Å²) in [6.45, 7) is 3.70. The van der Waals surface area contributed by atoms with Gasteiger partial charge in [0.15, 0.2) is 0 Å². The zero-order valence-electron chi connectivity index (χ0n) is 9.47. The highest BCUT2D eigenvalue weighted by atomic mass is 16.2. The summed E-state index contributed by atoms with van der Waals surface area (Å²) < 4.78 is 0. The number of nitrogens with zero attached hydrogens (tertiary/aromatic N) is 1. The van der Waals surface area contributed by atoms with E-state index in [2.05, 4.69) is 0 Å². The SMILES string of the molecule is C[C@H](N)C(=O)N(C)[C@H](C)c1ccccc1. The molecule has 0 heterocycles. The fourth-order valence-corrected chi connectivity index (χ4v) is 1.47. The molecule has 0 aliphatic heterocycles. The summed E-state index contributed by atoms with van der Waals surface area (Å²) in [5, 5.41) is 0. The standard InChI is InChI=1S/C12H18N2O/c1-9(13)12(15)14(3)10(2)11-7-5-4-6-8-11/h4-10H,13H2,1-3H3/t9-,10+/m0/s1. The first kappa shape index (κ1) is 11.7. The van der Waals surface area contributed by atoms with Crippen molar-refractivity contribution >= 4 is 5.91 Å². The molecule has 0 aliphatic rings. The maximum atomic E-state index is 11.7. The Balaban J connectivity index is 2.77. The van der Waals surface area contributed by atoms with Gasteiger partial charge in [0.1, 0.15) is 0 Å². The van der Waals surface area contributed by atoms with Crippen molar-refractivity contribution in [2.75, 3.05) is 7.05 Å². The van der Waals surface area contributed by atoms with E-state index in [-0.39, 0.29) is 11.9 Å². The smallest absolute Gasteiger partial charge is 0.239 e. The van der Waals surface area contributed by atoms with Crippen molar-refractivity contribution in [2.24, 2.45) is 5.73 Å². The van der Waals surface area contributed by atoms with Gasteiger partial charge >= 0.3 is 0 Å².